The molecule has 0 bridgehead atoms. The third-order valence-electron chi connectivity index (χ3n) is 6.95. The van der Waals surface area contributed by atoms with Gasteiger partial charge in [0.05, 0.1) is 19.3 Å². The first-order valence-corrected chi connectivity index (χ1v) is 10.4. The lowest BCUT2D eigenvalue weighted by molar-refractivity contribution is 0.0336. The Morgan fingerprint density at radius 2 is 1.85 bits per heavy atom. The standard InChI is InChI=1S/C21H30N4O2/c22-18-2-1-9-24-19(18)14-25(20(24)26)17-5-3-16(4-6-17)21(7-8-21)15-23-10-12-27-13-11-23/h3-6,18-19H,1-2,7-15,22H2/t18-,19-/m1/s1. The Kier molecular flexibility index (Phi) is 4.37. The van der Waals surface area contributed by atoms with Gasteiger partial charge < -0.3 is 15.4 Å². The molecule has 3 heterocycles. The number of rotatable bonds is 4. The molecule has 0 aromatic heterocycles. The maximum absolute atomic E-state index is 12.8. The Labute approximate surface area is 161 Å². The van der Waals surface area contributed by atoms with Crippen molar-refractivity contribution < 1.29 is 9.53 Å². The van der Waals surface area contributed by atoms with Crippen LogP contribution in [-0.2, 0) is 10.2 Å². The lowest BCUT2D eigenvalue weighted by Crippen LogP contribution is -2.50. The van der Waals surface area contributed by atoms with Crippen LogP contribution in [0.25, 0.3) is 0 Å². The van der Waals surface area contributed by atoms with Crippen LogP contribution in [0.15, 0.2) is 24.3 Å². The van der Waals surface area contributed by atoms with E-state index in [1.54, 1.807) is 0 Å². The summed E-state index contributed by atoms with van der Waals surface area (Å²) in [5.74, 6) is 0. The predicted octanol–water partition coefficient (Wildman–Crippen LogP) is 1.78. The second kappa shape index (κ2) is 6.76. The zero-order valence-corrected chi connectivity index (χ0v) is 16.0. The summed E-state index contributed by atoms with van der Waals surface area (Å²) in [6, 6.07) is 9.16. The maximum Gasteiger partial charge on any atom is 0.324 e. The van der Waals surface area contributed by atoms with Gasteiger partial charge in [-0.15, -0.1) is 0 Å². The minimum absolute atomic E-state index is 0.107. The average molecular weight is 370 g/mol. The molecule has 0 radical (unpaired) electrons. The fraction of sp³-hybridized carbons (Fsp3) is 0.667. The van der Waals surface area contributed by atoms with Crippen molar-refractivity contribution in [2.75, 3.05) is 50.8 Å². The van der Waals surface area contributed by atoms with E-state index in [9.17, 15) is 4.79 Å². The van der Waals surface area contributed by atoms with Gasteiger partial charge in [0.2, 0.25) is 0 Å². The highest BCUT2D eigenvalue weighted by Crippen LogP contribution is 2.49. The summed E-state index contributed by atoms with van der Waals surface area (Å²) in [5, 5.41) is 0. The molecule has 1 aliphatic carbocycles. The van der Waals surface area contributed by atoms with E-state index in [2.05, 4.69) is 29.2 Å². The fourth-order valence-corrected chi connectivity index (χ4v) is 5.07. The van der Waals surface area contributed by atoms with Crippen LogP contribution in [0.5, 0.6) is 0 Å². The van der Waals surface area contributed by atoms with E-state index in [1.165, 1.54) is 18.4 Å². The second-order valence-electron chi connectivity index (χ2n) is 8.68. The molecule has 0 unspecified atom stereocenters. The molecule has 2 N–H and O–H groups in total. The highest BCUT2D eigenvalue weighted by Gasteiger charge is 2.46. The lowest BCUT2D eigenvalue weighted by Gasteiger charge is -2.32. The summed E-state index contributed by atoms with van der Waals surface area (Å²) in [5.41, 5.74) is 9.00. The second-order valence-corrected chi connectivity index (χ2v) is 8.68. The summed E-state index contributed by atoms with van der Waals surface area (Å²) in [6.45, 7) is 6.48. The first-order chi connectivity index (χ1) is 13.2. The van der Waals surface area contributed by atoms with Crippen LogP contribution < -0.4 is 10.6 Å². The minimum Gasteiger partial charge on any atom is -0.379 e. The smallest absolute Gasteiger partial charge is 0.324 e. The first-order valence-electron chi connectivity index (χ1n) is 10.4. The molecule has 5 rings (SSSR count). The Morgan fingerprint density at radius 3 is 2.52 bits per heavy atom. The summed E-state index contributed by atoms with van der Waals surface area (Å²) in [7, 11) is 0. The van der Waals surface area contributed by atoms with E-state index in [4.69, 9.17) is 10.5 Å². The number of nitrogens with two attached hydrogens (primary N) is 1. The summed E-state index contributed by atoms with van der Waals surface area (Å²) in [6.07, 6.45) is 4.56. The van der Waals surface area contributed by atoms with E-state index in [-0.39, 0.29) is 18.1 Å². The number of piperidine rings is 1. The van der Waals surface area contributed by atoms with Crippen molar-refractivity contribution in [3.8, 4) is 0 Å². The van der Waals surface area contributed by atoms with Crippen LogP contribution in [0.1, 0.15) is 31.2 Å². The number of benzene rings is 1. The number of morpholine rings is 1. The zero-order valence-electron chi connectivity index (χ0n) is 16.0. The van der Waals surface area contributed by atoms with Gasteiger partial charge in [-0.25, -0.2) is 4.79 Å². The predicted molar refractivity (Wildman–Crippen MR) is 105 cm³/mol. The molecule has 0 spiro atoms. The van der Waals surface area contributed by atoms with Gasteiger partial charge in [0.15, 0.2) is 0 Å². The van der Waals surface area contributed by atoms with E-state index < -0.39 is 0 Å². The first kappa shape index (κ1) is 17.5. The number of anilines is 1. The van der Waals surface area contributed by atoms with Crippen molar-refractivity contribution in [1.82, 2.24) is 9.80 Å². The van der Waals surface area contributed by atoms with Gasteiger partial charge in [-0.3, -0.25) is 9.80 Å². The van der Waals surface area contributed by atoms with Gasteiger partial charge in [0.25, 0.3) is 0 Å². The molecular weight excluding hydrogens is 340 g/mol. The van der Waals surface area contributed by atoms with Crippen LogP contribution in [0.4, 0.5) is 10.5 Å². The number of hydrogen-bond acceptors (Lipinski definition) is 4. The van der Waals surface area contributed by atoms with Crippen LogP contribution in [-0.4, -0.2) is 73.9 Å². The summed E-state index contributed by atoms with van der Waals surface area (Å²) in [4.78, 5) is 19.2. The van der Waals surface area contributed by atoms with Gasteiger partial charge in [-0.2, -0.15) is 0 Å². The molecule has 6 heteroatoms. The minimum atomic E-state index is 0.107. The topological polar surface area (TPSA) is 62.0 Å². The maximum atomic E-state index is 12.8. The molecule has 4 aliphatic rings. The zero-order chi connectivity index (χ0) is 18.4. The molecule has 6 nitrogen and oxygen atoms in total. The Morgan fingerprint density at radius 1 is 1.11 bits per heavy atom. The number of hydrogen-bond donors (Lipinski definition) is 1. The van der Waals surface area contributed by atoms with Crippen LogP contribution >= 0.6 is 0 Å². The lowest BCUT2D eigenvalue weighted by atomic mass is 9.94. The van der Waals surface area contributed by atoms with Crippen LogP contribution in [0.2, 0.25) is 0 Å². The number of carbonyl (C=O) groups is 1. The number of carbonyl (C=O) groups excluding carboxylic acids is 1. The molecule has 1 aromatic carbocycles. The SMILES string of the molecule is N[C@@H]1CCCN2C(=O)N(c3ccc(C4(CN5CCOCC5)CC4)cc3)C[C@H]12. The third-order valence-corrected chi connectivity index (χ3v) is 6.95. The van der Waals surface area contributed by atoms with Crippen molar-refractivity contribution in [3.63, 3.8) is 0 Å². The van der Waals surface area contributed by atoms with Gasteiger partial charge >= 0.3 is 6.03 Å². The van der Waals surface area contributed by atoms with Crippen molar-refractivity contribution >= 4 is 11.7 Å². The van der Waals surface area contributed by atoms with Gasteiger partial charge in [-0.05, 0) is 43.4 Å². The molecule has 1 saturated carbocycles. The summed E-state index contributed by atoms with van der Waals surface area (Å²) >= 11 is 0. The van der Waals surface area contributed by atoms with Gasteiger partial charge in [0.1, 0.15) is 0 Å². The van der Waals surface area contributed by atoms with Crippen molar-refractivity contribution in [2.45, 2.75) is 43.2 Å². The largest absolute Gasteiger partial charge is 0.379 e. The molecular formula is C21H30N4O2. The van der Waals surface area contributed by atoms with Gasteiger partial charge in [0, 0.05) is 49.9 Å². The number of nitrogens with zero attached hydrogens (tertiary/aromatic N) is 3. The molecule has 2 atom stereocenters. The molecule has 2 amide bonds. The molecule has 4 fully saturated rings. The van der Waals surface area contributed by atoms with E-state index in [0.717, 1.165) is 64.5 Å². The van der Waals surface area contributed by atoms with Crippen LogP contribution in [0.3, 0.4) is 0 Å². The highest BCUT2D eigenvalue weighted by molar-refractivity contribution is 5.94. The number of urea groups is 1. The number of fused-ring (bicyclic) bond motifs is 1. The molecule has 27 heavy (non-hydrogen) atoms. The third kappa shape index (κ3) is 3.13. The van der Waals surface area contributed by atoms with E-state index >= 15 is 0 Å². The molecule has 146 valence electrons. The van der Waals surface area contributed by atoms with Crippen molar-refractivity contribution in [1.29, 1.82) is 0 Å². The Balaban J connectivity index is 1.30. The van der Waals surface area contributed by atoms with E-state index in [0.29, 0.717) is 5.41 Å². The molecule has 3 aliphatic heterocycles. The fourth-order valence-electron chi connectivity index (χ4n) is 5.07. The Hall–Kier alpha value is -1.63. The highest BCUT2D eigenvalue weighted by atomic mass is 16.5. The quantitative estimate of drug-likeness (QED) is 0.878. The number of ether oxygens (including phenoxy) is 1. The summed E-state index contributed by atoms with van der Waals surface area (Å²) < 4.78 is 5.48. The van der Waals surface area contributed by atoms with Crippen molar-refractivity contribution in [2.24, 2.45) is 5.73 Å². The number of amides is 2. The van der Waals surface area contributed by atoms with Crippen LogP contribution in [0, 0.1) is 0 Å². The molecule has 1 aromatic rings. The molecule has 3 saturated heterocycles. The monoisotopic (exact) mass is 370 g/mol. The van der Waals surface area contributed by atoms with E-state index in [1.807, 2.05) is 9.80 Å². The average Bonchev–Trinajstić information content (AvgIpc) is 3.40. The normalized spacial score (nSPS) is 30.5. The van der Waals surface area contributed by atoms with Gasteiger partial charge in [-0.1, -0.05) is 12.1 Å². The van der Waals surface area contributed by atoms with Crippen molar-refractivity contribution in [3.05, 3.63) is 29.8 Å². The Bertz CT molecular complexity index is 697.